The summed E-state index contributed by atoms with van der Waals surface area (Å²) in [5.74, 6) is 0. The smallest absolute Gasteiger partial charge is 0.0352 e. The predicted octanol–water partition coefficient (Wildman–Crippen LogP) is 9.56. The van der Waals surface area contributed by atoms with Crippen molar-refractivity contribution in [1.82, 2.24) is 9.97 Å². The minimum atomic E-state index is 1.19. The molecule has 0 radical (unpaired) electrons. The van der Waals surface area contributed by atoms with Crippen molar-refractivity contribution in [2.75, 3.05) is 0 Å². The molecule has 2 nitrogen and oxygen atoms in total. The Morgan fingerprint density at radius 3 is 1.32 bits per heavy atom. The lowest BCUT2D eigenvalue weighted by molar-refractivity contribution is 1.36. The zero-order valence-electron chi connectivity index (χ0n) is 20.4. The number of nitrogens with zero attached hydrogens (tertiary/aromatic N) is 2. The fourth-order valence-electron chi connectivity index (χ4n) is 6.72. The van der Waals surface area contributed by atoms with E-state index < -0.39 is 0 Å². The van der Waals surface area contributed by atoms with E-state index in [1.807, 2.05) is 24.8 Å². The second kappa shape index (κ2) is 7.24. The van der Waals surface area contributed by atoms with Crippen molar-refractivity contribution in [3.05, 3.63) is 122 Å². The van der Waals surface area contributed by atoms with Gasteiger partial charge in [-0.2, -0.15) is 0 Å². The lowest BCUT2D eigenvalue weighted by Gasteiger charge is -2.12. The molecule has 0 atom stereocenters. The Morgan fingerprint density at radius 2 is 0.789 bits per heavy atom. The van der Waals surface area contributed by atoms with Crippen LogP contribution >= 0.6 is 0 Å². The third kappa shape index (κ3) is 2.51. The molecule has 8 aromatic rings. The van der Waals surface area contributed by atoms with E-state index in [2.05, 4.69) is 107 Å². The maximum absolute atomic E-state index is 4.44. The summed E-state index contributed by atoms with van der Waals surface area (Å²) in [6.07, 6.45) is 7.71. The van der Waals surface area contributed by atoms with Crippen LogP contribution in [0.25, 0.3) is 87.2 Å². The van der Waals surface area contributed by atoms with E-state index in [1.165, 1.54) is 87.2 Å². The van der Waals surface area contributed by atoms with Crippen LogP contribution in [0.2, 0.25) is 0 Å². The Bertz CT molecular complexity index is 2120. The van der Waals surface area contributed by atoms with Gasteiger partial charge in [0.25, 0.3) is 0 Å². The van der Waals surface area contributed by atoms with Crippen molar-refractivity contribution in [1.29, 1.82) is 0 Å². The zero-order valence-corrected chi connectivity index (χ0v) is 20.4. The summed E-state index contributed by atoms with van der Waals surface area (Å²) in [6.45, 7) is 0. The van der Waals surface area contributed by atoms with E-state index in [-0.39, 0.29) is 0 Å². The van der Waals surface area contributed by atoms with Gasteiger partial charge in [0, 0.05) is 35.6 Å². The van der Waals surface area contributed by atoms with E-state index in [0.717, 1.165) is 0 Å². The van der Waals surface area contributed by atoms with Crippen molar-refractivity contribution in [3.8, 4) is 33.4 Å². The van der Waals surface area contributed by atoms with Crippen LogP contribution < -0.4 is 0 Å². The maximum Gasteiger partial charge on any atom is 0.0352 e. The van der Waals surface area contributed by atoms with Crippen LogP contribution in [0.1, 0.15) is 0 Å². The highest BCUT2D eigenvalue weighted by molar-refractivity contribution is 6.35. The molecular weight excluding hydrogens is 460 g/mol. The van der Waals surface area contributed by atoms with Gasteiger partial charge in [-0.15, -0.1) is 0 Å². The molecule has 0 saturated carbocycles. The molecule has 2 heteroatoms. The molecule has 6 aromatic carbocycles. The highest BCUT2D eigenvalue weighted by atomic mass is 14.6. The van der Waals surface area contributed by atoms with Crippen molar-refractivity contribution >= 4 is 53.9 Å². The highest BCUT2D eigenvalue weighted by Gasteiger charge is 2.24. The number of rotatable bonds is 2. The minimum Gasteiger partial charge on any atom is -0.264 e. The average molecular weight is 481 g/mol. The Morgan fingerprint density at radius 1 is 0.316 bits per heavy atom. The highest BCUT2D eigenvalue weighted by Crippen LogP contribution is 2.51. The normalized spacial score (nSPS) is 12.2. The maximum atomic E-state index is 4.44. The predicted molar refractivity (Wildman–Crippen MR) is 159 cm³/mol. The van der Waals surface area contributed by atoms with Gasteiger partial charge in [0.2, 0.25) is 0 Å². The Balaban J connectivity index is 1.40. The molecule has 0 saturated heterocycles. The number of aromatic nitrogens is 2. The topological polar surface area (TPSA) is 25.8 Å². The van der Waals surface area contributed by atoms with E-state index in [1.54, 1.807) is 0 Å². The first-order valence-corrected chi connectivity index (χ1v) is 13.0. The molecule has 0 aliphatic heterocycles. The van der Waals surface area contributed by atoms with Crippen LogP contribution in [0, 0.1) is 0 Å². The molecule has 0 unspecified atom stereocenters. The molecule has 0 spiro atoms. The average Bonchev–Trinajstić information content (AvgIpc) is 3.33. The largest absolute Gasteiger partial charge is 0.264 e. The molecular formula is C36H20N2. The lowest BCUT2D eigenvalue weighted by atomic mass is 9.91. The van der Waals surface area contributed by atoms with Gasteiger partial charge in [-0.05, 0) is 88.6 Å². The van der Waals surface area contributed by atoms with Gasteiger partial charge in [0.15, 0.2) is 0 Å². The fraction of sp³-hybridized carbons (Fsp3) is 0. The molecule has 0 fully saturated rings. The first-order chi connectivity index (χ1) is 18.9. The second-order valence-corrected chi connectivity index (χ2v) is 10.2. The SMILES string of the molecule is c1cc(-c2ccc3c4c2ccc2ccc5c(-c6cccc7ccncc67)ccc-3c5c24)c2cnccc2c1. The molecule has 1 aliphatic rings. The number of pyridine rings is 2. The summed E-state index contributed by atoms with van der Waals surface area (Å²) in [5, 5.41) is 12.8. The summed E-state index contributed by atoms with van der Waals surface area (Å²) in [6, 6.07) is 35.7. The zero-order chi connectivity index (χ0) is 24.8. The summed E-state index contributed by atoms with van der Waals surface area (Å²) >= 11 is 0. The molecule has 2 heterocycles. The molecule has 0 bridgehead atoms. The Labute approximate surface area is 218 Å². The number of benzene rings is 6. The summed E-state index contributed by atoms with van der Waals surface area (Å²) < 4.78 is 0. The number of hydrogen-bond acceptors (Lipinski definition) is 2. The standard InChI is InChI=1S/C36H20N2/c1-3-21-15-17-37-19-32(21)24(5-1)26-11-13-30-31-14-12-27(25-6-2-4-22-16-18-38-20-33(22)25)29-10-8-23-7-9-28(26)35(30)34(23)36(29)31/h1-20H. The van der Waals surface area contributed by atoms with Gasteiger partial charge in [-0.3, -0.25) is 9.97 Å². The molecule has 2 aromatic heterocycles. The van der Waals surface area contributed by atoms with Crippen molar-refractivity contribution < 1.29 is 0 Å². The van der Waals surface area contributed by atoms with Crippen LogP contribution in [0.4, 0.5) is 0 Å². The monoisotopic (exact) mass is 480 g/mol. The summed E-state index contributed by atoms with van der Waals surface area (Å²) in [4.78, 5) is 8.88. The van der Waals surface area contributed by atoms with Gasteiger partial charge in [-0.1, -0.05) is 84.9 Å². The van der Waals surface area contributed by atoms with Crippen molar-refractivity contribution in [3.63, 3.8) is 0 Å². The van der Waals surface area contributed by atoms with E-state index in [4.69, 9.17) is 0 Å². The summed E-state index contributed by atoms with van der Waals surface area (Å²) in [7, 11) is 0. The first kappa shape index (κ1) is 20.0. The van der Waals surface area contributed by atoms with Crippen molar-refractivity contribution in [2.45, 2.75) is 0 Å². The Hall–Kier alpha value is -5.08. The van der Waals surface area contributed by atoms with Crippen LogP contribution in [-0.2, 0) is 0 Å². The van der Waals surface area contributed by atoms with Gasteiger partial charge in [0.05, 0.1) is 0 Å². The van der Waals surface area contributed by atoms with E-state index >= 15 is 0 Å². The van der Waals surface area contributed by atoms with Crippen molar-refractivity contribution in [2.24, 2.45) is 0 Å². The van der Waals surface area contributed by atoms with Crippen LogP contribution in [0.15, 0.2) is 122 Å². The lowest BCUT2D eigenvalue weighted by Crippen LogP contribution is -1.86. The van der Waals surface area contributed by atoms with Crippen LogP contribution in [-0.4, -0.2) is 9.97 Å². The van der Waals surface area contributed by atoms with Gasteiger partial charge in [0.1, 0.15) is 0 Å². The molecule has 1 aliphatic carbocycles. The van der Waals surface area contributed by atoms with Gasteiger partial charge >= 0.3 is 0 Å². The quantitative estimate of drug-likeness (QED) is 0.230. The molecule has 9 rings (SSSR count). The Kier molecular flexibility index (Phi) is 3.82. The molecule has 174 valence electrons. The third-order valence-electron chi connectivity index (χ3n) is 8.38. The van der Waals surface area contributed by atoms with Crippen LogP contribution in [0.3, 0.4) is 0 Å². The van der Waals surface area contributed by atoms with E-state index in [9.17, 15) is 0 Å². The van der Waals surface area contributed by atoms with Gasteiger partial charge in [-0.25, -0.2) is 0 Å². The van der Waals surface area contributed by atoms with Gasteiger partial charge < -0.3 is 0 Å². The van der Waals surface area contributed by atoms with E-state index in [0.29, 0.717) is 0 Å². The molecule has 0 N–H and O–H groups in total. The van der Waals surface area contributed by atoms with Crippen LogP contribution in [0.5, 0.6) is 0 Å². The third-order valence-corrected chi connectivity index (χ3v) is 8.38. The minimum absolute atomic E-state index is 1.19. The molecule has 38 heavy (non-hydrogen) atoms. The molecule has 0 amide bonds. The summed E-state index contributed by atoms with van der Waals surface area (Å²) in [5.41, 5.74) is 7.63. The number of fused-ring (bicyclic) bond motifs is 3. The second-order valence-electron chi connectivity index (χ2n) is 10.2. The fourth-order valence-corrected chi connectivity index (χ4v) is 6.72. The first-order valence-electron chi connectivity index (χ1n) is 13.0. The number of hydrogen-bond donors (Lipinski definition) is 0.